The zero-order valence-corrected chi connectivity index (χ0v) is 11.2. The maximum atomic E-state index is 4.51. The quantitative estimate of drug-likeness (QED) is 0.876. The first-order valence-corrected chi connectivity index (χ1v) is 6.28. The molecule has 1 unspecified atom stereocenters. The Balaban J connectivity index is 2.03. The average Bonchev–Trinajstić information content (AvgIpc) is 2.36. The second kappa shape index (κ2) is 5.78. The molecule has 1 heterocycles. The van der Waals surface area contributed by atoms with Crippen molar-refractivity contribution in [2.75, 3.05) is 26.0 Å². The third kappa shape index (κ3) is 3.40. The normalized spacial score (nSPS) is 12.9. The lowest BCUT2D eigenvalue weighted by Gasteiger charge is -2.16. The van der Waals surface area contributed by atoms with Crippen LogP contribution >= 0.6 is 0 Å². The summed E-state index contributed by atoms with van der Waals surface area (Å²) in [5.74, 6) is 0.708. The molecule has 4 nitrogen and oxygen atoms in total. The Hall–Kier alpha value is -1.68. The lowest BCUT2D eigenvalue weighted by Crippen LogP contribution is -2.23. The highest BCUT2D eigenvalue weighted by atomic mass is 15.1. The minimum atomic E-state index is 0.369. The van der Waals surface area contributed by atoms with Crippen LogP contribution in [-0.2, 0) is 0 Å². The highest BCUT2D eigenvalue weighted by Crippen LogP contribution is 2.12. The molecule has 0 bridgehead atoms. The maximum Gasteiger partial charge on any atom is 0.223 e. The van der Waals surface area contributed by atoms with Crippen LogP contribution < -0.4 is 5.32 Å². The summed E-state index contributed by atoms with van der Waals surface area (Å²) in [6, 6.07) is 8.39. The van der Waals surface area contributed by atoms with Crippen molar-refractivity contribution in [1.29, 1.82) is 0 Å². The predicted molar refractivity (Wildman–Crippen MR) is 75.8 cm³/mol. The van der Waals surface area contributed by atoms with Crippen LogP contribution in [0.15, 0.2) is 30.5 Å². The molecule has 0 aliphatic rings. The van der Waals surface area contributed by atoms with Crippen molar-refractivity contribution in [2.45, 2.75) is 19.4 Å². The monoisotopic (exact) mass is 244 g/mol. The molecule has 1 aromatic heterocycles. The van der Waals surface area contributed by atoms with Gasteiger partial charge in [0.05, 0.1) is 5.52 Å². The third-order valence-electron chi connectivity index (χ3n) is 2.87. The van der Waals surface area contributed by atoms with E-state index in [0.29, 0.717) is 12.0 Å². The van der Waals surface area contributed by atoms with Crippen molar-refractivity contribution in [1.82, 2.24) is 14.9 Å². The molecule has 0 radical (unpaired) electrons. The summed E-state index contributed by atoms with van der Waals surface area (Å²) in [6.45, 7) is 3.21. The number of benzene rings is 1. The fourth-order valence-corrected chi connectivity index (χ4v) is 1.79. The minimum absolute atomic E-state index is 0.369. The first kappa shape index (κ1) is 12.8. The van der Waals surface area contributed by atoms with Gasteiger partial charge in [0.25, 0.3) is 0 Å². The van der Waals surface area contributed by atoms with Gasteiger partial charge in [-0.05, 0) is 40.1 Å². The van der Waals surface area contributed by atoms with Gasteiger partial charge in [0.1, 0.15) is 0 Å². The molecular formula is C14H20N4. The molecule has 4 heteroatoms. The van der Waals surface area contributed by atoms with E-state index in [1.165, 1.54) is 0 Å². The van der Waals surface area contributed by atoms with Crippen LogP contribution in [0.5, 0.6) is 0 Å². The van der Waals surface area contributed by atoms with Crippen LogP contribution in [0.1, 0.15) is 13.3 Å². The second-order valence-corrected chi connectivity index (χ2v) is 4.89. The van der Waals surface area contributed by atoms with Crippen LogP contribution in [0.4, 0.5) is 5.95 Å². The number of hydrogen-bond donors (Lipinski definition) is 1. The van der Waals surface area contributed by atoms with Crippen molar-refractivity contribution in [3.8, 4) is 0 Å². The second-order valence-electron chi connectivity index (χ2n) is 4.89. The molecule has 96 valence electrons. The van der Waals surface area contributed by atoms with Crippen molar-refractivity contribution in [3.63, 3.8) is 0 Å². The van der Waals surface area contributed by atoms with Gasteiger partial charge in [-0.3, -0.25) is 0 Å². The number of nitrogens with one attached hydrogen (secondary N) is 1. The van der Waals surface area contributed by atoms with Crippen LogP contribution in [0.2, 0.25) is 0 Å². The molecule has 1 atom stereocenters. The third-order valence-corrected chi connectivity index (χ3v) is 2.87. The van der Waals surface area contributed by atoms with E-state index < -0.39 is 0 Å². The largest absolute Gasteiger partial charge is 0.352 e. The van der Waals surface area contributed by atoms with E-state index in [4.69, 9.17) is 0 Å². The van der Waals surface area contributed by atoms with Gasteiger partial charge in [0, 0.05) is 17.6 Å². The van der Waals surface area contributed by atoms with Crippen molar-refractivity contribution >= 4 is 16.9 Å². The van der Waals surface area contributed by atoms with Crippen LogP contribution in [-0.4, -0.2) is 41.5 Å². The maximum absolute atomic E-state index is 4.51. The summed E-state index contributed by atoms with van der Waals surface area (Å²) in [7, 11) is 4.17. The van der Waals surface area contributed by atoms with E-state index in [-0.39, 0.29) is 0 Å². The van der Waals surface area contributed by atoms with Crippen LogP contribution in [0.3, 0.4) is 0 Å². The van der Waals surface area contributed by atoms with Gasteiger partial charge in [0.15, 0.2) is 0 Å². The molecule has 0 saturated carbocycles. The number of nitrogens with zero attached hydrogens (tertiary/aromatic N) is 3. The number of hydrogen-bond acceptors (Lipinski definition) is 4. The van der Waals surface area contributed by atoms with E-state index in [1.54, 1.807) is 0 Å². The summed E-state index contributed by atoms with van der Waals surface area (Å²) < 4.78 is 0. The molecule has 0 aliphatic heterocycles. The lowest BCUT2D eigenvalue weighted by atomic mass is 10.2. The van der Waals surface area contributed by atoms with Crippen molar-refractivity contribution < 1.29 is 0 Å². The van der Waals surface area contributed by atoms with E-state index in [9.17, 15) is 0 Å². The molecule has 1 aromatic carbocycles. The van der Waals surface area contributed by atoms with Crippen LogP contribution in [0.25, 0.3) is 10.9 Å². The van der Waals surface area contributed by atoms with Gasteiger partial charge >= 0.3 is 0 Å². The molecule has 2 rings (SSSR count). The first-order chi connectivity index (χ1) is 8.65. The Morgan fingerprint density at radius 3 is 2.83 bits per heavy atom. The molecule has 0 spiro atoms. The summed E-state index contributed by atoms with van der Waals surface area (Å²) >= 11 is 0. The highest BCUT2D eigenvalue weighted by molar-refractivity contribution is 5.78. The van der Waals surface area contributed by atoms with Gasteiger partial charge in [-0.15, -0.1) is 0 Å². The standard InChI is InChI=1S/C14H20N4/c1-11(8-9-18(2)3)16-14-15-10-12-6-4-5-7-13(12)17-14/h4-7,10-11H,8-9H2,1-3H3,(H,15,16,17). The van der Waals surface area contributed by atoms with Crippen molar-refractivity contribution in [2.24, 2.45) is 0 Å². The van der Waals surface area contributed by atoms with E-state index in [2.05, 4.69) is 41.2 Å². The summed E-state index contributed by atoms with van der Waals surface area (Å²) in [5.41, 5.74) is 0.981. The molecule has 1 N–H and O–H groups in total. The molecule has 2 aromatic rings. The van der Waals surface area contributed by atoms with Gasteiger partial charge < -0.3 is 10.2 Å². The smallest absolute Gasteiger partial charge is 0.223 e. The molecule has 0 aliphatic carbocycles. The van der Waals surface area contributed by atoms with E-state index in [0.717, 1.165) is 23.9 Å². The zero-order chi connectivity index (χ0) is 13.0. The Kier molecular flexibility index (Phi) is 4.10. The Labute approximate surface area is 108 Å². The van der Waals surface area contributed by atoms with Gasteiger partial charge in [0.2, 0.25) is 5.95 Å². The molecule has 0 saturated heterocycles. The molecule has 0 amide bonds. The van der Waals surface area contributed by atoms with E-state index >= 15 is 0 Å². The predicted octanol–water partition coefficient (Wildman–Crippen LogP) is 2.38. The number of fused-ring (bicyclic) bond motifs is 1. The topological polar surface area (TPSA) is 41.0 Å². The fraction of sp³-hybridized carbons (Fsp3) is 0.429. The summed E-state index contributed by atoms with van der Waals surface area (Å²) in [6.07, 6.45) is 2.94. The molecular weight excluding hydrogens is 224 g/mol. The lowest BCUT2D eigenvalue weighted by molar-refractivity contribution is 0.390. The SMILES string of the molecule is CC(CCN(C)C)Nc1ncc2ccccc2n1. The van der Waals surface area contributed by atoms with Gasteiger partial charge in [-0.2, -0.15) is 0 Å². The summed E-state index contributed by atoms with van der Waals surface area (Å²) in [5, 5.41) is 4.41. The van der Waals surface area contributed by atoms with Gasteiger partial charge in [-0.25, -0.2) is 9.97 Å². The number of para-hydroxylation sites is 1. The van der Waals surface area contributed by atoms with Crippen LogP contribution in [0, 0.1) is 0 Å². The van der Waals surface area contributed by atoms with Gasteiger partial charge in [-0.1, -0.05) is 18.2 Å². The number of aromatic nitrogens is 2. The minimum Gasteiger partial charge on any atom is -0.352 e. The average molecular weight is 244 g/mol. The number of rotatable bonds is 5. The Bertz CT molecular complexity index is 510. The number of anilines is 1. The Morgan fingerprint density at radius 1 is 1.28 bits per heavy atom. The molecule has 0 fully saturated rings. The fourth-order valence-electron chi connectivity index (χ4n) is 1.79. The molecule has 18 heavy (non-hydrogen) atoms. The Morgan fingerprint density at radius 2 is 2.06 bits per heavy atom. The van der Waals surface area contributed by atoms with Crippen molar-refractivity contribution in [3.05, 3.63) is 30.5 Å². The zero-order valence-electron chi connectivity index (χ0n) is 11.2. The van der Waals surface area contributed by atoms with E-state index in [1.807, 2.05) is 30.5 Å². The highest BCUT2D eigenvalue weighted by Gasteiger charge is 2.05. The summed E-state index contributed by atoms with van der Waals surface area (Å²) in [4.78, 5) is 11.0. The first-order valence-electron chi connectivity index (χ1n) is 6.28.